The Morgan fingerprint density at radius 2 is 1.72 bits per heavy atom. The molecular formula is C40H44ClF3N11O6+. The van der Waals surface area contributed by atoms with E-state index in [1.165, 1.54) is 42.1 Å². The molecule has 61 heavy (non-hydrogen) atoms. The smallest absolute Gasteiger partial charge is 0.435 e. The number of nitrogens with zero attached hydrogens (tertiary/aromatic N) is 8. The van der Waals surface area contributed by atoms with E-state index in [1.807, 2.05) is 0 Å². The molecule has 5 aromatic rings. The lowest BCUT2D eigenvalue weighted by Gasteiger charge is -2.46. The number of amides is 3. The Morgan fingerprint density at radius 3 is 2.36 bits per heavy atom. The number of likely N-dealkylation sites (tertiary alicyclic amines) is 1. The molecule has 0 spiro atoms. The van der Waals surface area contributed by atoms with Crippen LogP contribution in [0.25, 0.3) is 28.0 Å². The molecular weight excluding hydrogens is 823 g/mol. The number of imidazole rings is 1. The fourth-order valence-electron chi connectivity index (χ4n) is 8.64. The molecule has 3 saturated heterocycles. The Morgan fingerprint density at radius 1 is 1.00 bits per heavy atom. The summed E-state index contributed by atoms with van der Waals surface area (Å²) in [7, 11) is 1.40. The minimum absolute atomic E-state index is 0.0284. The van der Waals surface area contributed by atoms with Gasteiger partial charge in [-0.3, -0.25) is 14.4 Å². The molecule has 7 heterocycles. The van der Waals surface area contributed by atoms with Crippen LogP contribution >= 0.6 is 11.6 Å². The average Bonchev–Trinajstić information content (AvgIpc) is 3.95. The Labute approximate surface area is 351 Å². The Balaban J connectivity index is 0.888. The van der Waals surface area contributed by atoms with Crippen LogP contribution in [0.1, 0.15) is 45.2 Å². The van der Waals surface area contributed by atoms with Crippen molar-refractivity contribution in [1.82, 2.24) is 44.4 Å². The van der Waals surface area contributed by atoms with E-state index in [9.17, 15) is 42.6 Å². The fourth-order valence-corrected chi connectivity index (χ4v) is 8.90. The van der Waals surface area contributed by atoms with Gasteiger partial charge in [-0.2, -0.15) is 18.3 Å². The molecule has 3 aliphatic heterocycles. The summed E-state index contributed by atoms with van der Waals surface area (Å²) in [6.45, 7) is 4.95. The minimum Gasteiger partial charge on any atom is -0.477 e. The van der Waals surface area contributed by atoms with Crippen molar-refractivity contribution < 1.29 is 47.0 Å². The molecule has 3 aliphatic rings. The van der Waals surface area contributed by atoms with Crippen LogP contribution in [-0.2, 0) is 29.4 Å². The predicted molar refractivity (Wildman–Crippen MR) is 215 cm³/mol. The molecule has 0 bridgehead atoms. The number of hydrogen-bond acceptors (Lipinski definition) is 9. The molecule has 0 unspecified atom stereocenters. The second kappa shape index (κ2) is 16.6. The van der Waals surface area contributed by atoms with Gasteiger partial charge in [-0.1, -0.05) is 11.6 Å². The number of hydrogen-bond donors (Lipinski definition) is 5. The molecule has 1 aromatic carbocycles. The number of aliphatic hydroxyl groups is 1. The predicted octanol–water partition coefficient (Wildman–Crippen LogP) is 3.38. The lowest BCUT2D eigenvalue weighted by atomic mass is 9.90. The summed E-state index contributed by atoms with van der Waals surface area (Å²) in [5.74, 6) is -1.75. The molecule has 0 atom stereocenters. The molecule has 4 aromatic heterocycles. The third-order valence-electron chi connectivity index (χ3n) is 12.0. The maximum absolute atomic E-state index is 14.3. The first-order valence-electron chi connectivity index (χ1n) is 19.9. The fraction of sp³-hybridized carbons (Fsp3) is 0.425. The molecule has 8 rings (SSSR count). The summed E-state index contributed by atoms with van der Waals surface area (Å²) in [6, 6.07) is 7.52. The summed E-state index contributed by atoms with van der Waals surface area (Å²) in [5, 5.41) is 29.4. The van der Waals surface area contributed by atoms with Crippen LogP contribution in [0.15, 0.2) is 48.9 Å². The number of benzene rings is 1. The van der Waals surface area contributed by atoms with Crippen LogP contribution in [0.5, 0.6) is 0 Å². The van der Waals surface area contributed by atoms with Gasteiger partial charge in [-0.25, -0.2) is 19.4 Å². The number of H-pyrrole nitrogens is 1. The molecule has 5 N–H and O–H groups in total. The van der Waals surface area contributed by atoms with E-state index < -0.39 is 23.7 Å². The standard InChI is InChI=1S/C40H43ClF3N11O6/c1-51-32(29-19-54(50-35(29)40(42,43)44)33-14-31-25(17-46-33)12-27(22-56)48-31)18-47-36(51)37(59)49-26-2-3-28(30(41)13-26)39(61)53-8-6-52(7-9-53)38(60)24-4-10-55(11-5-24,21-34(57)58)20-23-15-45-16-23/h2-3,12-14,17-19,23-24,45,56H,4-11,15-16,20-22H2,1H3,(H2-,46,48,49,57,58,59,61)/p+1. The Hall–Kier alpha value is -5.83. The number of rotatable bonds is 11. The summed E-state index contributed by atoms with van der Waals surface area (Å²) in [4.78, 5) is 66.9. The lowest BCUT2D eigenvalue weighted by Crippen LogP contribution is -2.62. The van der Waals surface area contributed by atoms with Crippen LogP contribution in [-0.4, -0.2) is 143 Å². The zero-order valence-corrected chi connectivity index (χ0v) is 33.8. The normalized spacial score (nSPS) is 19.9. The summed E-state index contributed by atoms with van der Waals surface area (Å²) in [5.41, 5.74) is -0.139. The molecule has 0 saturated carbocycles. The number of carboxylic acid groups (broad SMARTS) is 1. The number of aliphatic carboxylic acids is 1. The zero-order valence-electron chi connectivity index (χ0n) is 33.1. The summed E-state index contributed by atoms with van der Waals surface area (Å²) in [6.07, 6.45) is 0.113. The number of carboxylic acids is 1. The van der Waals surface area contributed by atoms with E-state index in [4.69, 9.17) is 11.6 Å². The van der Waals surface area contributed by atoms with Gasteiger partial charge in [0.1, 0.15) is 0 Å². The highest BCUT2D eigenvalue weighted by Gasteiger charge is 2.43. The molecule has 0 aliphatic carbocycles. The first-order valence-corrected chi connectivity index (χ1v) is 20.2. The molecule has 0 radical (unpaired) electrons. The SMILES string of the molecule is Cn1c(-c2cn(-c3cc4[nH]c(CO)cc4cn3)nc2C(F)(F)F)cnc1C(=O)Nc1ccc(C(=O)N2CCN(C(=O)C3CC[N+](CC(=O)O)(CC4CNC4)CC3)CC2)c(Cl)c1. The number of piperidine rings is 1. The van der Waals surface area contributed by atoms with Crippen LogP contribution in [0.3, 0.4) is 0 Å². The highest BCUT2D eigenvalue weighted by Crippen LogP contribution is 2.37. The lowest BCUT2D eigenvalue weighted by molar-refractivity contribution is -0.929. The third kappa shape index (κ3) is 8.57. The van der Waals surface area contributed by atoms with E-state index in [1.54, 1.807) is 15.9 Å². The van der Waals surface area contributed by atoms with Crippen LogP contribution in [0, 0.1) is 11.8 Å². The van der Waals surface area contributed by atoms with Crippen molar-refractivity contribution in [3.8, 4) is 17.1 Å². The van der Waals surface area contributed by atoms with Gasteiger partial charge in [0.2, 0.25) is 5.91 Å². The third-order valence-corrected chi connectivity index (χ3v) is 12.3. The van der Waals surface area contributed by atoms with Crippen molar-refractivity contribution >= 4 is 51.9 Å². The number of pyridine rings is 1. The number of anilines is 1. The van der Waals surface area contributed by atoms with Crippen LogP contribution in [0.4, 0.5) is 18.9 Å². The van der Waals surface area contributed by atoms with Gasteiger partial charge >= 0.3 is 12.1 Å². The van der Waals surface area contributed by atoms with Crippen molar-refractivity contribution in [2.75, 3.05) is 70.8 Å². The van der Waals surface area contributed by atoms with Crippen molar-refractivity contribution in [3.05, 3.63) is 76.7 Å². The van der Waals surface area contributed by atoms with E-state index in [0.29, 0.717) is 79.1 Å². The monoisotopic (exact) mass is 866 g/mol. The van der Waals surface area contributed by atoms with E-state index in [2.05, 4.69) is 30.7 Å². The number of aliphatic hydroxyl groups excluding tert-OH is 1. The Kier molecular flexibility index (Phi) is 11.4. The summed E-state index contributed by atoms with van der Waals surface area (Å²) >= 11 is 6.56. The first kappa shape index (κ1) is 41.9. The second-order valence-corrected chi connectivity index (χ2v) is 16.4. The van der Waals surface area contributed by atoms with Gasteiger partial charge < -0.3 is 44.7 Å². The molecule has 3 amide bonds. The number of piperazine rings is 1. The van der Waals surface area contributed by atoms with E-state index >= 15 is 0 Å². The first-order chi connectivity index (χ1) is 29.1. The number of aromatic amines is 1. The molecule has 21 heteroatoms. The number of carbonyl (C=O) groups is 4. The van der Waals surface area contributed by atoms with Gasteiger partial charge in [0, 0.05) is 106 Å². The average molecular weight is 867 g/mol. The number of alkyl halides is 3. The maximum Gasteiger partial charge on any atom is 0.435 e. The number of halogens is 4. The van der Waals surface area contributed by atoms with Crippen molar-refractivity contribution in [2.45, 2.75) is 25.6 Å². The van der Waals surface area contributed by atoms with Gasteiger partial charge in [-0.05, 0) is 24.3 Å². The van der Waals surface area contributed by atoms with Crippen LogP contribution < -0.4 is 10.6 Å². The van der Waals surface area contributed by atoms with Crippen molar-refractivity contribution in [1.29, 1.82) is 0 Å². The van der Waals surface area contributed by atoms with E-state index in [0.717, 1.165) is 36.7 Å². The van der Waals surface area contributed by atoms with E-state index in [-0.39, 0.29) is 70.1 Å². The number of fused-ring (bicyclic) bond motifs is 1. The van der Waals surface area contributed by atoms with Crippen molar-refractivity contribution in [3.63, 3.8) is 0 Å². The molecule has 17 nitrogen and oxygen atoms in total. The second-order valence-electron chi connectivity index (χ2n) is 16.0. The number of nitrogens with one attached hydrogen (secondary N) is 3. The topological polar surface area (TPSA) is 204 Å². The minimum atomic E-state index is -4.86. The largest absolute Gasteiger partial charge is 0.477 e. The van der Waals surface area contributed by atoms with Crippen molar-refractivity contribution in [2.24, 2.45) is 18.9 Å². The molecule has 3 fully saturated rings. The van der Waals surface area contributed by atoms with Gasteiger partial charge in [0.15, 0.2) is 23.9 Å². The van der Waals surface area contributed by atoms with Gasteiger partial charge in [0.25, 0.3) is 11.8 Å². The molecule has 322 valence electrons. The van der Waals surface area contributed by atoms with Gasteiger partial charge in [-0.15, -0.1) is 0 Å². The highest BCUT2D eigenvalue weighted by atomic mass is 35.5. The number of aromatic nitrogens is 6. The van der Waals surface area contributed by atoms with Gasteiger partial charge in [0.05, 0.1) is 59.8 Å². The number of carbonyl (C=O) groups excluding carboxylic acids is 3. The maximum atomic E-state index is 14.3. The number of quaternary nitrogens is 1. The highest BCUT2D eigenvalue weighted by molar-refractivity contribution is 6.34. The summed E-state index contributed by atoms with van der Waals surface area (Å²) < 4.78 is 45.6. The zero-order chi connectivity index (χ0) is 43.2. The quantitative estimate of drug-likeness (QED) is 0.123. The van der Waals surface area contributed by atoms with Crippen LogP contribution in [0.2, 0.25) is 5.02 Å². The Bertz CT molecular complexity index is 2500.